The number of nitrogens with one attached hydrogen (secondary N) is 1. The molecule has 6 nitrogen and oxygen atoms in total. The molecule has 1 aliphatic rings. The number of aromatic nitrogens is 3. The molecule has 0 bridgehead atoms. The largest absolute Gasteiger partial charge is 0.469 e. The maximum absolute atomic E-state index is 12.7. The van der Waals surface area contributed by atoms with Crippen LogP contribution in [-0.2, 0) is 11.3 Å². The van der Waals surface area contributed by atoms with Crippen LogP contribution in [0.25, 0.3) is 0 Å². The summed E-state index contributed by atoms with van der Waals surface area (Å²) in [5.41, 5.74) is 1.07. The highest BCUT2D eigenvalue weighted by Crippen LogP contribution is 2.29. The maximum Gasteiger partial charge on any atom is 0.221 e. The Morgan fingerprint density at radius 1 is 1.14 bits per heavy atom. The minimum absolute atomic E-state index is 0.0246. The molecule has 1 N–H and O–H groups in total. The van der Waals surface area contributed by atoms with Gasteiger partial charge in [0, 0.05) is 12.5 Å². The number of furan rings is 1. The molecule has 0 spiro atoms. The Kier molecular flexibility index (Phi) is 5.85. The molecule has 2 heterocycles. The fourth-order valence-corrected chi connectivity index (χ4v) is 4.05. The standard InChI is InChI=1S/C22H26N4O2/c27-22(14-19(20-12-7-13-28-20)17-8-3-1-4-9-17)23-15-21-25-24-16-26(21)18-10-5-2-6-11-18/h1,3-4,7-9,12-13,16,18-19H,2,5-6,10-11,14-15H2,(H,23,27). The van der Waals surface area contributed by atoms with Gasteiger partial charge >= 0.3 is 0 Å². The Hall–Kier alpha value is -2.89. The molecular weight excluding hydrogens is 352 g/mol. The highest BCUT2D eigenvalue weighted by Gasteiger charge is 2.22. The van der Waals surface area contributed by atoms with Gasteiger partial charge in [0.05, 0.1) is 18.7 Å². The summed E-state index contributed by atoms with van der Waals surface area (Å²) in [6.07, 6.45) is 9.89. The van der Waals surface area contributed by atoms with Crippen LogP contribution in [0.2, 0.25) is 0 Å². The zero-order valence-corrected chi connectivity index (χ0v) is 16.0. The second-order valence-electron chi connectivity index (χ2n) is 7.41. The lowest BCUT2D eigenvalue weighted by Gasteiger charge is -2.24. The number of benzene rings is 1. The topological polar surface area (TPSA) is 73.0 Å². The summed E-state index contributed by atoms with van der Waals surface area (Å²) in [4.78, 5) is 12.7. The van der Waals surface area contributed by atoms with Gasteiger partial charge in [0.15, 0.2) is 5.82 Å². The highest BCUT2D eigenvalue weighted by atomic mass is 16.3. The van der Waals surface area contributed by atoms with Crippen LogP contribution >= 0.6 is 0 Å². The van der Waals surface area contributed by atoms with Crippen molar-refractivity contribution in [3.05, 3.63) is 72.2 Å². The highest BCUT2D eigenvalue weighted by molar-refractivity contribution is 5.77. The van der Waals surface area contributed by atoms with E-state index in [9.17, 15) is 4.79 Å². The number of amides is 1. The van der Waals surface area contributed by atoms with E-state index >= 15 is 0 Å². The molecule has 1 saturated carbocycles. The third-order valence-electron chi connectivity index (χ3n) is 5.54. The first-order chi connectivity index (χ1) is 13.8. The molecule has 0 saturated heterocycles. The first-order valence-corrected chi connectivity index (χ1v) is 10.0. The summed E-state index contributed by atoms with van der Waals surface area (Å²) in [5, 5.41) is 11.3. The molecule has 28 heavy (non-hydrogen) atoms. The van der Waals surface area contributed by atoms with Crippen LogP contribution in [0.4, 0.5) is 0 Å². The van der Waals surface area contributed by atoms with Crippen molar-refractivity contribution in [1.82, 2.24) is 20.1 Å². The van der Waals surface area contributed by atoms with E-state index in [4.69, 9.17) is 4.42 Å². The molecule has 1 aliphatic carbocycles. The van der Waals surface area contributed by atoms with E-state index in [1.807, 2.05) is 42.5 Å². The molecule has 1 fully saturated rings. The second-order valence-corrected chi connectivity index (χ2v) is 7.41. The lowest BCUT2D eigenvalue weighted by molar-refractivity contribution is -0.121. The molecule has 1 unspecified atom stereocenters. The average molecular weight is 378 g/mol. The molecule has 0 aliphatic heterocycles. The van der Waals surface area contributed by atoms with Crippen molar-refractivity contribution >= 4 is 5.91 Å². The van der Waals surface area contributed by atoms with Crippen LogP contribution in [-0.4, -0.2) is 20.7 Å². The van der Waals surface area contributed by atoms with E-state index in [0.717, 1.165) is 30.0 Å². The van der Waals surface area contributed by atoms with Gasteiger partial charge in [-0.3, -0.25) is 4.79 Å². The number of rotatable bonds is 7. The van der Waals surface area contributed by atoms with Crippen molar-refractivity contribution in [3.8, 4) is 0 Å². The Balaban J connectivity index is 1.40. The zero-order valence-electron chi connectivity index (χ0n) is 16.0. The Morgan fingerprint density at radius 2 is 1.96 bits per heavy atom. The Bertz CT molecular complexity index is 867. The molecule has 2 aromatic heterocycles. The molecule has 1 amide bonds. The quantitative estimate of drug-likeness (QED) is 0.668. The Morgan fingerprint density at radius 3 is 2.71 bits per heavy atom. The molecule has 0 radical (unpaired) electrons. The van der Waals surface area contributed by atoms with Crippen molar-refractivity contribution in [1.29, 1.82) is 0 Å². The summed E-state index contributed by atoms with van der Waals surface area (Å²) >= 11 is 0. The van der Waals surface area contributed by atoms with Gasteiger partial charge in [-0.1, -0.05) is 49.6 Å². The van der Waals surface area contributed by atoms with Crippen LogP contribution in [0.3, 0.4) is 0 Å². The van der Waals surface area contributed by atoms with E-state index in [-0.39, 0.29) is 11.8 Å². The third kappa shape index (κ3) is 4.32. The van der Waals surface area contributed by atoms with Gasteiger partial charge in [0.2, 0.25) is 5.91 Å². The fourth-order valence-electron chi connectivity index (χ4n) is 4.05. The second kappa shape index (κ2) is 8.87. The average Bonchev–Trinajstić information content (AvgIpc) is 3.44. The predicted octanol–water partition coefficient (Wildman–Crippen LogP) is 4.21. The summed E-state index contributed by atoms with van der Waals surface area (Å²) in [6.45, 7) is 0.398. The first-order valence-electron chi connectivity index (χ1n) is 10.0. The normalized spacial score (nSPS) is 16.0. The number of carbonyl (C=O) groups excluding carboxylic acids is 1. The number of hydrogen-bond donors (Lipinski definition) is 1. The fraction of sp³-hybridized carbons (Fsp3) is 0.409. The van der Waals surface area contributed by atoms with Crippen LogP contribution in [0.1, 0.15) is 67.6 Å². The minimum atomic E-state index is -0.104. The molecule has 4 rings (SSSR count). The van der Waals surface area contributed by atoms with Gasteiger partial charge in [-0.15, -0.1) is 10.2 Å². The zero-order chi connectivity index (χ0) is 19.2. The Labute approximate surface area is 165 Å². The summed E-state index contributed by atoms with van der Waals surface area (Å²) in [6, 6.07) is 14.2. The van der Waals surface area contributed by atoms with Gasteiger partial charge in [0.25, 0.3) is 0 Å². The van der Waals surface area contributed by atoms with E-state index in [2.05, 4.69) is 20.1 Å². The van der Waals surface area contributed by atoms with Crippen LogP contribution in [0.15, 0.2) is 59.5 Å². The van der Waals surface area contributed by atoms with Crippen molar-refractivity contribution in [2.75, 3.05) is 0 Å². The molecular formula is C22H26N4O2. The van der Waals surface area contributed by atoms with Gasteiger partial charge < -0.3 is 14.3 Å². The van der Waals surface area contributed by atoms with Crippen LogP contribution in [0.5, 0.6) is 0 Å². The smallest absolute Gasteiger partial charge is 0.221 e. The summed E-state index contributed by atoms with van der Waals surface area (Å²) < 4.78 is 7.73. The van der Waals surface area contributed by atoms with Gasteiger partial charge in [-0.05, 0) is 30.5 Å². The molecule has 1 atom stereocenters. The first kappa shape index (κ1) is 18.5. The van der Waals surface area contributed by atoms with Crippen LogP contribution < -0.4 is 5.32 Å². The molecule has 3 aromatic rings. The minimum Gasteiger partial charge on any atom is -0.469 e. The number of carbonyl (C=O) groups is 1. The molecule has 1 aromatic carbocycles. The third-order valence-corrected chi connectivity index (χ3v) is 5.54. The van der Waals surface area contributed by atoms with Crippen molar-refractivity contribution < 1.29 is 9.21 Å². The van der Waals surface area contributed by atoms with Crippen LogP contribution in [0, 0.1) is 0 Å². The van der Waals surface area contributed by atoms with Gasteiger partial charge in [0.1, 0.15) is 12.1 Å². The molecule has 146 valence electrons. The lowest BCUT2D eigenvalue weighted by atomic mass is 9.93. The van der Waals surface area contributed by atoms with Gasteiger partial charge in [-0.2, -0.15) is 0 Å². The maximum atomic E-state index is 12.7. The SMILES string of the molecule is O=C(CC(c1ccccc1)c1ccco1)NCc1nncn1C1CCCCC1. The monoisotopic (exact) mass is 378 g/mol. The number of nitrogens with zero attached hydrogens (tertiary/aromatic N) is 3. The van der Waals surface area contributed by atoms with E-state index in [0.29, 0.717) is 19.0 Å². The van der Waals surface area contributed by atoms with Gasteiger partial charge in [-0.25, -0.2) is 0 Å². The van der Waals surface area contributed by atoms with E-state index in [1.165, 1.54) is 19.3 Å². The van der Waals surface area contributed by atoms with Crippen molar-refractivity contribution in [3.63, 3.8) is 0 Å². The summed E-state index contributed by atoms with van der Waals surface area (Å²) in [5.74, 6) is 1.50. The van der Waals surface area contributed by atoms with Crippen molar-refractivity contribution in [2.24, 2.45) is 0 Å². The van der Waals surface area contributed by atoms with E-state index in [1.54, 1.807) is 12.6 Å². The van der Waals surface area contributed by atoms with E-state index < -0.39 is 0 Å². The lowest BCUT2D eigenvalue weighted by Crippen LogP contribution is -2.27. The number of hydrogen-bond acceptors (Lipinski definition) is 4. The summed E-state index contributed by atoms with van der Waals surface area (Å²) in [7, 11) is 0. The van der Waals surface area contributed by atoms with Crippen molar-refractivity contribution in [2.45, 2.75) is 57.0 Å². The predicted molar refractivity (Wildman–Crippen MR) is 106 cm³/mol. The molecule has 6 heteroatoms.